The molecule has 2 amide bonds. The van der Waals surface area contributed by atoms with Gasteiger partial charge in [0, 0.05) is 0 Å². The van der Waals surface area contributed by atoms with Gasteiger partial charge in [0.1, 0.15) is 0 Å². The van der Waals surface area contributed by atoms with Gasteiger partial charge in [-0.25, -0.2) is 0 Å². The monoisotopic (exact) mass is 343 g/mol. The van der Waals surface area contributed by atoms with E-state index in [-0.39, 0.29) is 11.1 Å². The van der Waals surface area contributed by atoms with E-state index >= 15 is 0 Å². The second-order valence-electron chi connectivity index (χ2n) is 3.59. The van der Waals surface area contributed by atoms with E-state index in [1.54, 1.807) is 25.3 Å². The van der Waals surface area contributed by atoms with Gasteiger partial charge in [0.15, 0.2) is 11.5 Å². The number of carbonyl (C=O) groups excluding carboxylic acids is 2. The van der Waals surface area contributed by atoms with Gasteiger partial charge in [-0.2, -0.15) is 0 Å². The highest BCUT2D eigenvalue weighted by atomic mass is 79.9. The molecule has 0 aliphatic carbocycles. The van der Waals surface area contributed by atoms with E-state index in [1.807, 2.05) is 0 Å². The lowest BCUT2D eigenvalue weighted by atomic mass is 10.2. The number of nitrogens with one attached hydrogen (secondary N) is 1. The maximum atomic E-state index is 11.5. The van der Waals surface area contributed by atoms with Crippen molar-refractivity contribution in [2.24, 2.45) is 0 Å². The van der Waals surface area contributed by atoms with E-state index in [0.29, 0.717) is 20.9 Å². The summed E-state index contributed by atoms with van der Waals surface area (Å²) in [7, 11) is 3.07. The molecule has 0 bridgehead atoms. The van der Waals surface area contributed by atoms with Gasteiger partial charge in [0.25, 0.3) is 11.1 Å². The van der Waals surface area contributed by atoms with Crippen LogP contribution in [0.1, 0.15) is 5.56 Å². The first-order valence-corrected chi connectivity index (χ1v) is 6.82. The van der Waals surface area contributed by atoms with Crippen LogP contribution in [0, 0.1) is 0 Å². The average molecular weight is 344 g/mol. The Morgan fingerprint density at radius 2 is 2.00 bits per heavy atom. The fourth-order valence-electron chi connectivity index (χ4n) is 1.59. The second kappa shape index (κ2) is 5.66. The minimum absolute atomic E-state index is 0.351. The molecular formula is C12H10BrNO4S. The van der Waals surface area contributed by atoms with Crippen molar-refractivity contribution in [1.29, 1.82) is 0 Å². The third-order valence-corrected chi connectivity index (χ3v) is 3.80. The van der Waals surface area contributed by atoms with Crippen molar-refractivity contribution < 1.29 is 19.1 Å². The number of benzene rings is 1. The van der Waals surface area contributed by atoms with Crippen molar-refractivity contribution in [3.05, 3.63) is 27.1 Å². The summed E-state index contributed by atoms with van der Waals surface area (Å²) < 4.78 is 11.1. The summed E-state index contributed by atoms with van der Waals surface area (Å²) >= 11 is 4.24. The summed E-state index contributed by atoms with van der Waals surface area (Å²) in [6.07, 6.45) is 1.62. The van der Waals surface area contributed by atoms with Gasteiger partial charge in [-0.1, -0.05) is 0 Å². The SMILES string of the molecule is COc1cc(/C=C2\SC(=O)NC2=O)cc(Br)c1OC. The largest absolute Gasteiger partial charge is 0.493 e. The Morgan fingerprint density at radius 3 is 2.53 bits per heavy atom. The quantitative estimate of drug-likeness (QED) is 0.855. The molecule has 5 nitrogen and oxygen atoms in total. The highest BCUT2D eigenvalue weighted by molar-refractivity contribution is 9.10. The highest BCUT2D eigenvalue weighted by Crippen LogP contribution is 2.37. The summed E-state index contributed by atoms with van der Waals surface area (Å²) in [5, 5.41) is 1.84. The van der Waals surface area contributed by atoms with Gasteiger partial charge in [-0.05, 0) is 51.5 Å². The van der Waals surface area contributed by atoms with Gasteiger partial charge in [0.05, 0.1) is 23.6 Å². The Kier molecular flexibility index (Phi) is 4.16. The van der Waals surface area contributed by atoms with Gasteiger partial charge < -0.3 is 9.47 Å². The van der Waals surface area contributed by atoms with Crippen molar-refractivity contribution in [2.45, 2.75) is 0 Å². The van der Waals surface area contributed by atoms with Crippen LogP contribution >= 0.6 is 27.7 Å². The van der Waals surface area contributed by atoms with Crippen molar-refractivity contribution in [1.82, 2.24) is 5.32 Å². The number of halogens is 1. The Labute approximate surface area is 122 Å². The molecule has 100 valence electrons. The van der Waals surface area contributed by atoms with Crippen LogP contribution in [-0.4, -0.2) is 25.4 Å². The maximum absolute atomic E-state index is 11.5. The summed E-state index contributed by atoms with van der Waals surface area (Å²) in [4.78, 5) is 22.9. The van der Waals surface area contributed by atoms with Crippen LogP contribution in [-0.2, 0) is 4.79 Å². The van der Waals surface area contributed by atoms with E-state index in [1.165, 1.54) is 7.11 Å². The van der Waals surface area contributed by atoms with Crippen molar-refractivity contribution >= 4 is 44.9 Å². The topological polar surface area (TPSA) is 64.6 Å². The predicted molar refractivity (Wildman–Crippen MR) is 76.4 cm³/mol. The molecule has 1 saturated heterocycles. The number of imide groups is 1. The fraction of sp³-hybridized carbons (Fsp3) is 0.167. The van der Waals surface area contributed by atoms with Crippen LogP contribution in [0.2, 0.25) is 0 Å². The molecule has 1 aliphatic heterocycles. The molecule has 7 heteroatoms. The molecule has 0 spiro atoms. The predicted octanol–water partition coefficient (Wildman–Crippen LogP) is 2.79. The Morgan fingerprint density at radius 1 is 1.26 bits per heavy atom. The number of amides is 2. The number of methoxy groups -OCH3 is 2. The molecule has 1 aromatic carbocycles. The normalized spacial score (nSPS) is 16.7. The molecular weight excluding hydrogens is 334 g/mol. The molecule has 1 fully saturated rings. The smallest absolute Gasteiger partial charge is 0.290 e. The zero-order valence-electron chi connectivity index (χ0n) is 10.2. The zero-order valence-corrected chi connectivity index (χ0v) is 12.6. The molecule has 0 radical (unpaired) electrons. The summed E-state index contributed by atoms with van der Waals surface area (Å²) in [6.45, 7) is 0. The van der Waals surface area contributed by atoms with E-state index in [9.17, 15) is 9.59 Å². The van der Waals surface area contributed by atoms with E-state index in [4.69, 9.17) is 9.47 Å². The van der Waals surface area contributed by atoms with Gasteiger partial charge in [-0.15, -0.1) is 0 Å². The van der Waals surface area contributed by atoms with Crippen LogP contribution in [0.4, 0.5) is 4.79 Å². The van der Waals surface area contributed by atoms with Crippen molar-refractivity contribution in [3.8, 4) is 11.5 Å². The number of ether oxygens (including phenoxy) is 2. The summed E-state index contributed by atoms with van der Waals surface area (Å²) in [6, 6.07) is 3.51. The molecule has 0 unspecified atom stereocenters. The molecule has 0 aromatic heterocycles. The molecule has 2 rings (SSSR count). The Bertz CT molecular complexity index is 585. The Balaban J connectivity index is 2.42. The minimum atomic E-state index is -0.388. The molecule has 19 heavy (non-hydrogen) atoms. The van der Waals surface area contributed by atoms with Crippen LogP contribution < -0.4 is 14.8 Å². The summed E-state index contributed by atoms with van der Waals surface area (Å²) in [5.41, 5.74) is 0.733. The van der Waals surface area contributed by atoms with Crippen molar-refractivity contribution in [2.75, 3.05) is 14.2 Å². The molecule has 1 N–H and O–H groups in total. The first kappa shape index (κ1) is 14.0. The number of hydrogen-bond donors (Lipinski definition) is 1. The molecule has 1 aromatic rings. The summed E-state index contributed by atoms with van der Waals surface area (Å²) in [5.74, 6) is 0.726. The van der Waals surface area contributed by atoms with Crippen LogP contribution in [0.15, 0.2) is 21.5 Å². The average Bonchev–Trinajstić information content (AvgIpc) is 2.67. The van der Waals surface area contributed by atoms with Crippen LogP contribution in [0.25, 0.3) is 6.08 Å². The first-order valence-electron chi connectivity index (χ1n) is 5.21. The Hall–Kier alpha value is -1.47. The number of thioether (sulfide) groups is 1. The maximum Gasteiger partial charge on any atom is 0.290 e. The lowest BCUT2D eigenvalue weighted by Crippen LogP contribution is -2.17. The standard InChI is InChI=1S/C12H10BrNO4S/c1-17-8-4-6(3-7(13)10(8)18-2)5-9-11(15)14-12(16)19-9/h3-5H,1-2H3,(H,14,15,16)/b9-5-. The zero-order chi connectivity index (χ0) is 14.0. The van der Waals surface area contributed by atoms with Crippen LogP contribution in [0.3, 0.4) is 0 Å². The lowest BCUT2D eigenvalue weighted by molar-refractivity contribution is -0.115. The lowest BCUT2D eigenvalue weighted by Gasteiger charge is -2.10. The van der Waals surface area contributed by atoms with Gasteiger partial charge >= 0.3 is 0 Å². The third-order valence-electron chi connectivity index (χ3n) is 2.40. The fourth-order valence-corrected chi connectivity index (χ4v) is 2.90. The van der Waals surface area contributed by atoms with Gasteiger partial charge in [-0.3, -0.25) is 14.9 Å². The highest BCUT2D eigenvalue weighted by Gasteiger charge is 2.25. The molecule has 0 saturated carbocycles. The van der Waals surface area contributed by atoms with E-state index in [2.05, 4.69) is 21.2 Å². The van der Waals surface area contributed by atoms with Crippen LogP contribution in [0.5, 0.6) is 11.5 Å². The van der Waals surface area contributed by atoms with E-state index in [0.717, 1.165) is 17.3 Å². The number of carbonyl (C=O) groups is 2. The molecule has 1 heterocycles. The number of rotatable bonds is 3. The molecule has 1 aliphatic rings. The third kappa shape index (κ3) is 2.93. The first-order chi connectivity index (χ1) is 9.05. The van der Waals surface area contributed by atoms with E-state index < -0.39 is 0 Å². The molecule has 0 atom stereocenters. The minimum Gasteiger partial charge on any atom is -0.493 e. The van der Waals surface area contributed by atoms with Crippen molar-refractivity contribution in [3.63, 3.8) is 0 Å². The van der Waals surface area contributed by atoms with Gasteiger partial charge in [0.2, 0.25) is 0 Å². The number of hydrogen-bond acceptors (Lipinski definition) is 5. The second-order valence-corrected chi connectivity index (χ2v) is 5.46.